The normalized spacial score (nSPS) is 15.7. The Balaban J connectivity index is 1.65. The highest BCUT2D eigenvalue weighted by molar-refractivity contribution is 9.10. The molecule has 3 heterocycles. The fourth-order valence-corrected chi connectivity index (χ4v) is 4.65. The van der Waals surface area contributed by atoms with Gasteiger partial charge in [-0.25, -0.2) is 24.4 Å². The zero-order chi connectivity index (χ0) is 34.0. The van der Waals surface area contributed by atoms with E-state index >= 15 is 0 Å². The number of carbonyl (C=O) groups is 3. The Morgan fingerprint density at radius 1 is 0.913 bits per heavy atom. The lowest BCUT2D eigenvalue weighted by Gasteiger charge is -2.36. The molecule has 3 amide bonds. The molecule has 46 heavy (non-hydrogen) atoms. The Morgan fingerprint density at radius 3 is 2.07 bits per heavy atom. The van der Waals surface area contributed by atoms with Crippen LogP contribution in [0, 0.1) is 0 Å². The number of morpholine rings is 1. The lowest BCUT2D eigenvalue weighted by atomic mass is 10.0. The molecule has 1 aromatic carbocycles. The first-order valence-electron chi connectivity index (χ1n) is 14.7. The van der Waals surface area contributed by atoms with E-state index in [4.69, 9.17) is 23.5 Å². The molecule has 1 aliphatic heterocycles. The topological polar surface area (TPSA) is 146 Å². The molecule has 0 saturated carbocycles. The summed E-state index contributed by atoms with van der Waals surface area (Å²) in [5.41, 5.74) is -0.375. The van der Waals surface area contributed by atoms with Crippen LogP contribution in [0.25, 0.3) is 22.7 Å². The first-order valence-corrected chi connectivity index (χ1v) is 15.5. The zero-order valence-electron chi connectivity index (χ0n) is 27.5. The van der Waals surface area contributed by atoms with Crippen molar-refractivity contribution in [3.63, 3.8) is 0 Å². The molecule has 2 aromatic heterocycles. The molecular formula is C32H40BrN5O8. The molecule has 0 unspecified atom stereocenters. The zero-order valence-corrected chi connectivity index (χ0v) is 29.1. The Morgan fingerprint density at radius 2 is 1.50 bits per heavy atom. The third-order valence-corrected chi connectivity index (χ3v) is 6.56. The van der Waals surface area contributed by atoms with Crippen LogP contribution in [0.15, 0.2) is 45.7 Å². The minimum Gasteiger partial charge on any atom is -0.444 e. The monoisotopic (exact) mass is 701 g/mol. The van der Waals surface area contributed by atoms with Gasteiger partial charge in [0, 0.05) is 18.2 Å². The summed E-state index contributed by atoms with van der Waals surface area (Å²) < 4.78 is 28.3. The van der Waals surface area contributed by atoms with E-state index in [0.717, 1.165) is 5.56 Å². The van der Waals surface area contributed by atoms with Crippen LogP contribution in [0.2, 0.25) is 0 Å². The number of hydrogen-bond acceptors (Lipinski definition) is 11. The third-order valence-electron chi connectivity index (χ3n) is 6.18. The Labute approximate surface area is 276 Å². The molecule has 4 rings (SSSR count). The number of ether oxygens (including phenoxy) is 4. The molecule has 0 radical (unpaired) electrons. The SMILES string of the molecule is CC(C)(C)OC(=O)N(C(=O)OC(C)(C)C)c1ncc(Br)nc1-c1cc(-c2ccc([C@@H]3COCCN3C(=O)OC(C)(C)C)cc2)no1. The van der Waals surface area contributed by atoms with Crippen molar-refractivity contribution in [2.45, 2.75) is 85.2 Å². The highest BCUT2D eigenvalue weighted by Crippen LogP contribution is 2.34. The van der Waals surface area contributed by atoms with Crippen molar-refractivity contribution in [1.82, 2.24) is 20.0 Å². The maximum absolute atomic E-state index is 13.3. The molecular weight excluding hydrogens is 662 g/mol. The predicted molar refractivity (Wildman–Crippen MR) is 172 cm³/mol. The Hall–Kier alpha value is -4.04. The summed E-state index contributed by atoms with van der Waals surface area (Å²) in [7, 11) is 0. The summed E-state index contributed by atoms with van der Waals surface area (Å²) >= 11 is 3.31. The van der Waals surface area contributed by atoms with Crippen molar-refractivity contribution in [3.8, 4) is 22.7 Å². The van der Waals surface area contributed by atoms with Crippen LogP contribution in [0.3, 0.4) is 0 Å². The first kappa shape index (κ1) is 34.8. The average Bonchev–Trinajstić information content (AvgIpc) is 3.41. The van der Waals surface area contributed by atoms with Gasteiger partial charge in [-0.3, -0.25) is 4.90 Å². The highest BCUT2D eigenvalue weighted by Gasteiger charge is 2.37. The first-order chi connectivity index (χ1) is 21.3. The van der Waals surface area contributed by atoms with E-state index in [0.29, 0.717) is 40.5 Å². The van der Waals surface area contributed by atoms with E-state index in [1.54, 1.807) is 52.5 Å². The van der Waals surface area contributed by atoms with Gasteiger partial charge >= 0.3 is 18.3 Å². The van der Waals surface area contributed by atoms with Crippen LogP contribution >= 0.6 is 15.9 Å². The molecule has 0 aliphatic carbocycles. The highest BCUT2D eigenvalue weighted by atomic mass is 79.9. The summed E-state index contributed by atoms with van der Waals surface area (Å²) in [6.07, 6.45) is -1.06. The van der Waals surface area contributed by atoms with E-state index in [1.165, 1.54) is 6.20 Å². The van der Waals surface area contributed by atoms with Gasteiger partial charge in [0.15, 0.2) is 17.3 Å². The second kappa shape index (κ2) is 13.4. The van der Waals surface area contributed by atoms with Crippen LogP contribution in [0.4, 0.5) is 20.2 Å². The lowest BCUT2D eigenvalue weighted by Crippen LogP contribution is -2.45. The molecule has 1 fully saturated rings. The number of hydrogen-bond donors (Lipinski definition) is 0. The minimum atomic E-state index is -0.998. The van der Waals surface area contributed by atoms with Crippen LogP contribution in [0.5, 0.6) is 0 Å². The quantitative estimate of drug-likeness (QED) is 0.248. The fraction of sp³-hybridized carbons (Fsp3) is 0.500. The Bertz CT molecular complexity index is 1540. The molecule has 0 spiro atoms. The summed E-state index contributed by atoms with van der Waals surface area (Å²) in [4.78, 5) is 50.7. The van der Waals surface area contributed by atoms with Gasteiger partial charge in [-0.2, -0.15) is 4.90 Å². The van der Waals surface area contributed by atoms with E-state index in [2.05, 4.69) is 31.1 Å². The van der Waals surface area contributed by atoms with Gasteiger partial charge in [0.2, 0.25) is 0 Å². The number of rotatable bonds is 4. The van der Waals surface area contributed by atoms with Gasteiger partial charge in [-0.1, -0.05) is 29.4 Å². The number of anilines is 1. The van der Waals surface area contributed by atoms with Crippen molar-refractivity contribution in [2.75, 3.05) is 24.7 Å². The summed E-state index contributed by atoms with van der Waals surface area (Å²) in [5, 5.41) is 4.21. The van der Waals surface area contributed by atoms with Gasteiger partial charge in [0.05, 0.1) is 25.5 Å². The number of carbonyl (C=O) groups excluding carboxylic acids is 3. The molecule has 0 bridgehead atoms. The molecule has 0 N–H and O–H groups in total. The number of benzene rings is 1. The molecule has 3 aromatic rings. The van der Waals surface area contributed by atoms with E-state index in [9.17, 15) is 14.4 Å². The maximum atomic E-state index is 13.3. The molecule has 248 valence electrons. The number of amides is 3. The summed E-state index contributed by atoms with van der Waals surface area (Å²) in [6.45, 7) is 16.7. The van der Waals surface area contributed by atoms with Crippen molar-refractivity contribution in [3.05, 3.63) is 46.7 Å². The maximum Gasteiger partial charge on any atom is 0.425 e. The van der Waals surface area contributed by atoms with Crippen molar-refractivity contribution in [1.29, 1.82) is 0 Å². The average molecular weight is 703 g/mol. The van der Waals surface area contributed by atoms with Gasteiger partial charge in [-0.15, -0.1) is 0 Å². The molecule has 13 nitrogen and oxygen atoms in total. The van der Waals surface area contributed by atoms with Gasteiger partial charge in [0.25, 0.3) is 0 Å². The van der Waals surface area contributed by atoms with Crippen LogP contribution in [-0.4, -0.2) is 74.9 Å². The van der Waals surface area contributed by atoms with Crippen molar-refractivity contribution in [2.24, 2.45) is 0 Å². The standard InChI is InChI=1S/C32H40BrN5O8/c1-30(2,3)43-27(39)37-14-15-42-18-22(37)20-12-10-19(11-13-20)21-16-23(46-36-21)25-26(34-17-24(33)35-25)38(28(40)44-31(4,5)6)29(41)45-32(7,8)9/h10-13,16-17,22H,14-15,18H2,1-9H3/t22-/m0/s1. The number of imide groups is 1. The van der Waals surface area contributed by atoms with Crippen LogP contribution in [-0.2, 0) is 18.9 Å². The predicted octanol–water partition coefficient (Wildman–Crippen LogP) is 7.55. The van der Waals surface area contributed by atoms with E-state index < -0.39 is 35.1 Å². The smallest absolute Gasteiger partial charge is 0.425 e. The third kappa shape index (κ3) is 9.03. The molecule has 1 aliphatic rings. The summed E-state index contributed by atoms with van der Waals surface area (Å²) in [5.74, 6) is -0.0268. The minimum absolute atomic E-state index is 0.0498. The van der Waals surface area contributed by atoms with Gasteiger partial charge in [-0.05, 0) is 83.8 Å². The van der Waals surface area contributed by atoms with Gasteiger partial charge in [0.1, 0.15) is 27.1 Å². The van der Waals surface area contributed by atoms with Crippen molar-refractivity contribution >= 4 is 40.0 Å². The van der Waals surface area contributed by atoms with Crippen LogP contribution in [0.1, 0.15) is 73.9 Å². The van der Waals surface area contributed by atoms with E-state index in [1.807, 2.05) is 45.0 Å². The lowest BCUT2D eigenvalue weighted by molar-refractivity contribution is -0.0331. The fourth-order valence-electron chi connectivity index (χ4n) is 4.37. The second-order valence-electron chi connectivity index (χ2n) is 13.6. The molecule has 14 heteroatoms. The second-order valence-corrected chi connectivity index (χ2v) is 14.4. The number of nitrogens with zero attached hydrogens (tertiary/aromatic N) is 5. The van der Waals surface area contributed by atoms with Crippen molar-refractivity contribution < 1.29 is 37.9 Å². The molecule has 1 atom stereocenters. The van der Waals surface area contributed by atoms with E-state index in [-0.39, 0.29) is 23.3 Å². The van der Waals surface area contributed by atoms with Crippen LogP contribution < -0.4 is 4.90 Å². The molecule has 1 saturated heterocycles. The van der Waals surface area contributed by atoms with Gasteiger partial charge < -0.3 is 23.5 Å². The number of aromatic nitrogens is 3. The Kier molecular flexibility index (Phi) is 10.1. The number of halogens is 1. The largest absolute Gasteiger partial charge is 0.444 e. The summed E-state index contributed by atoms with van der Waals surface area (Å²) in [6, 6.07) is 8.76.